The Morgan fingerprint density at radius 3 is 3.11 bits per heavy atom. The molecule has 3 heterocycles. The van der Waals surface area contributed by atoms with Crippen LogP contribution in [0.1, 0.15) is 24.1 Å². The Balaban J connectivity index is 1.56. The molecule has 3 rings (SSSR count). The van der Waals surface area contributed by atoms with Gasteiger partial charge in [-0.1, -0.05) is 6.07 Å². The minimum Gasteiger partial charge on any atom is -0.347 e. The summed E-state index contributed by atoms with van der Waals surface area (Å²) in [7, 11) is 0. The molecule has 0 amide bonds. The zero-order valence-corrected chi connectivity index (χ0v) is 11.1. The second-order valence-corrected chi connectivity index (χ2v) is 5.39. The van der Waals surface area contributed by atoms with Crippen LogP contribution in [0.25, 0.3) is 0 Å². The van der Waals surface area contributed by atoms with Gasteiger partial charge in [0.1, 0.15) is 0 Å². The third-order valence-corrected chi connectivity index (χ3v) is 3.80. The number of H-pyrrole nitrogens is 1. The van der Waals surface area contributed by atoms with E-state index in [9.17, 15) is 0 Å². The van der Waals surface area contributed by atoms with Crippen molar-refractivity contribution in [2.75, 3.05) is 13.1 Å². The van der Waals surface area contributed by atoms with Crippen molar-refractivity contribution in [3.8, 4) is 0 Å². The van der Waals surface area contributed by atoms with Gasteiger partial charge in [-0.3, -0.25) is 9.88 Å². The molecule has 1 fully saturated rings. The maximum Gasteiger partial charge on any atom is 0.0922 e. The van der Waals surface area contributed by atoms with E-state index >= 15 is 0 Å². The number of nitrogens with one attached hydrogen (secondary N) is 1. The third-order valence-electron chi connectivity index (χ3n) is 3.80. The van der Waals surface area contributed by atoms with Crippen molar-refractivity contribution >= 4 is 0 Å². The molecule has 4 heteroatoms. The summed E-state index contributed by atoms with van der Waals surface area (Å²) < 4.78 is 0. The fourth-order valence-corrected chi connectivity index (χ4v) is 2.93. The topological polar surface area (TPSA) is 44.8 Å². The van der Waals surface area contributed by atoms with Crippen LogP contribution < -0.4 is 0 Å². The minimum atomic E-state index is 0.751. The van der Waals surface area contributed by atoms with E-state index < -0.39 is 0 Å². The maximum absolute atomic E-state index is 4.20. The predicted molar refractivity (Wildman–Crippen MR) is 74.5 cm³/mol. The Bertz CT molecular complexity index is 480. The summed E-state index contributed by atoms with van der Waals surface area (Å²) in [5.41, 5.74) is 2.57. The van der Waals surface area contributed by atoms with Crippen LogP contribution in [0, 0.1) is 5.92 Å². The van der Waals surface area contributed by atoms with Crippen molar-refractivity contribution in [2.45, 2.75) is 25.8 Å². The van der Waals surface area contributed by atoms with Crippen molar-refractivity contribution in [3.05, 3.63) is 48.3 Å². The zero-order valence-electron chi connectivity index (χ0n) is 11.1. The average molecular weight is 256 g/mol. The number of piperidine rings is 1. The standard InChI is InChI=1S/C15H20N4/c1-3-13(8-16-5-1)7-14-4-2-6-19(10-14)11-15-9-17-12-18-15/h1,3,5,8-9,12,14H,2,4,6-7,10-11H2,(H,17,18). The molecule has 2 aromatic heterocycles. The summed E-state index contributed by atoms with van der Waals surface area (Å²) in [6.07, 6.45) is 11.3. The van der Waals surface area contributed by atoms with Crippen LogP contribution in [-0.2, 0) is 13.0 Å². The first-order valence-corrected chi connectivity index (χ1v) is 6.98. The van der Waals surface area contributed by atoms with Crippen molar-refractivity contribution in [2.24, 2.45) is 5.92 Å². The van der Waals surface area contributed by atoms with E-state index in [1.165, 1.54) is 37.2 Å². The molecule has 0 spiro atoms. The highest BCUT2D eigenvalue weighted by Gasteiger charge is 2.20. The van der Waals surface area contributed by atoms with Crippen molar-refractivity contribution < 1.29 is 0 Å². The molecule has 1 N–H and O–H groups in total. The number of hydrogen-bond donors (Lipinski definition) is 1. The van der Waals surface area contributed by atoms with Gasteiger partial charge in [0, 0.05) is 37.4 Å². The Kier molecular flexibility index (Phi) is 3.89. The first-order chi connectivity index (χ1) is 9.40. The van der Waals surface area contributed by atoms with Gasteiger partial charge >= 0.3 is 0 Å². The van der Waals surface area contributed by atoms with E-state index in [0.717, 1.165) is 18.9 Å². The van der Waals surface area contributed by atoms with Gasteiger partial charge in [-0.25, -0.2) is 4.98 Å². The van der Waals surface area contributed by atoms with E-state index in [1.54, 1.807) is 6.33 Å². The Morgan fingerprint density at radius 2 is 2.32 bits per heavy atom. The van der Waals surface area contributed by atoms with E-state index in [4.69, 9.17) is 0 Å². The van der Waals surface area contributed by atoms with Gasteiger partial charge in [0.05, 0.1) is 6.33 Å². The van der Waals surface area contributed by atoms with Crippen LogP contribution in [-0.4, -0.2) is 32.9 Å². The van der Waals surface area contributed by atoms with Crippen LogP contribution in [0.2, 0.25) is 0 Å². The van der Waals surface area contributed by atoms with E-state index in [0.29, 0.717) is 0 Å². The van der Waals surface area contributed by atoms with Gasteiger partial charge in [0.2, 0.25) is 0 Å². The van der Waals surface area contributed by atoms with Crippen molar-refractivity contribution in [1.29, 1.82) is 0 Å². The predicted octanol–water partition coefficient (Wildman–Crippen LogP) is 2.26. The lowest BCUT2D eigenvalue weighted by Crippen LogP contribution is -2.35. The van der Waals surface area contributed by atoms with Gasteiger partial charge in [-0.05, 0) is 43.4 Å². The molecule has 1 aliphatic heterocycles. The number of pyridine rings is 1. The monoisotopic (exact) mass is 256 g/mol. The molecule has 1 atom stereocenters. The van der Waals surface area contributed by atoms with Crippen LogP contribution in [0.15, 0.2) is 37.1 Å². The summed E-state index contributed by atoms with van der Waals surface area (Å²) in [4.78, 5) is 14.0. The van der Waals surface area contributed by atoms with Crippen LogP contribution in [0.5, 0.6) is 0 Å². The number of rotatable bonds is 4. The number of imidazole rings is 1. The largest absolute Gasteiger partial charge is 0.347 e. The zero-order chi connectivity index (χ0) is 12.9. The smallest absolute Gasteiger partial charge is 0.0922 e. The Morgan fingerprint density at radius 1 is 1.32 bits per heavy atom. The molecule has 1 aliphatic rings. The summed E-state index contributed by atoms with van der Waals surface area (Å²) in [5, 5.41) is 0. The number of hydrogen-bond acceptors (Lipinski definition) is 3. The molecule has 0 aliphatic carbocycles. The van der Waals surface area contributed by atoms with Crippen molar-refractivity contribution in [3.63, 3.8) is 0 Å². The SMILES string of the molecule is c1cncc(CC2CCCN(Cc3cnc[nH]3)C2)c1. The first kappa shape index (κ1) is 12.4. The summed E-state index contributed by atoms with van der Waals surface area (Å²) in [6.45, 7) is 3.36. The lowest BCUT2D eigenvalue weighted by molar-refractivity contribution is 0.165. The van der Waals surface area contributed by atoms with E-state index in [1.807, 2.05) is 24.7 Å². The fourth-order valence-electron chi connectivity index (χ4n) is 2.93. The number of likely N-dealkylation sites (tertiary alicyclic amines) is 1. The van der Waals surface area contributed by atoms with Crippen LogP contribution in [0.4, 0.5) is 0 Å². The third kappa shape index (κ3) is 3.41. The highest BCUT2D eigenvalue weighted by molar-refractivity contribution is 5.09. The second kappa shape index (κ2) is 5.97. The number of aromatic nitrogens is 3. The molecule has 1 unspecified atom stereocenters. The van der Waals surface area contributed by atoms with Crippen LogP contribution >= 0.6 is 0 Å². The lowest BCUT2D eigenvalue weighted by atomic mass is 9.92. The minimum absolute atomic E-state index is 0.751. The molecule has 19 heavy (non-hydrogen) atoms. The summed E-state index contributed by atoms with van der Waals surface area (Å²) in [5.74, 6) is 0.751. The molecule has 4 nitrogen and oxygen atoms in total. The molecule has 0 saturated carbocycles. The quantitative estimate of drug-likeness (QED) is 0.912. The molecular weight excluding hydrogens is 236 g/mol. The van der Waals surface area contributed by atoms with E-state index in [2.05, 4.69) is 25.9 Å². The van der Waals surface area contributed by atoms with E-state index in [-0.39, 0.29) is 0 Å². The Labute approximate surface area is 113 Å². The highest BCUT2D eigenvalue weighted by Crippen LogP contribution is 2.21. The second-order valence-electron chi connectivity index (χ2n) is 5.39. The lowest BCUT2D eigenvalue weighted by Gasteiger charge is -2.32. The normalized spacial score (nSPS) is 20.5. The maximum atomic E-state index is 4.20. The van der Waals surface area contributed by atoms with Gasteiger partial charge in [0.15, 0.2) is 0 Å². The average Bonchev–Trinajstić information content (AvgIpc) is 2.93. The first-order valence-electron chi connectivity index (χ1n) is 6.98. The number of nitrogens with zero attached hydrogens (tertiary/aromatic N) is 3. The molecule has 1 saturated heterocycles. The van der Waals surface area contributed by atoms with Crippen molar-refractivity contribution in [1.82, 2.24) is 19.9 Å². The van der Waals surface area contributed by atoms with Gasteiger partial charge in [-0.15, -0.1) is 0 Å². The summed E-state index contributed by atoms with van der Waals surface area (Å²) in [6, 6.07) is 4.21. The Hall–Kier alpha value is -1.68. The van der Waals surface area contributed by atoms with Gasteiger partial charge < -0.3 is 4.98 Å². The molecule has 0 aromatic carbocycles. The van der Waals surface area contributed by atoms with Crippen LogP contribution in [0.3, 0.4) is 0 Å². The summed E-state index contributed by atoms with van der Waals surface area (Å²) >= 11 is 0. The molecule has 100 valence electrons. The molecular formula is C15H20N4. The molecule has 2 aromatic rings. The molecule has 0 bridgehead atoms. The fraction of sp³-hybridized carbons (Fsp3) is 0.467. The van der Waals surface area contributed by atoms with Gasteiger partial charge in [0.25, 0.3) is 0 Å². The number of aromatic amines is 1. The van der Waals surface area contributed by atoms with Gasteiger partial charge in [-0.2, -0.15) is 0 Å². The molecule has 0 radical (unpaired) electrons. The highest BCUT2D eigenvalue weighted by atomic mass is 15.1.